The molecule has 0 spiro atoms. The van der Waals surface area contributed by atoms with Crippen molar-refractivity contribution in [2.24, 2.45) is 0 Å². The lowest BCUT2D eigenvalue weighted by molar-refractivity contribution is -0.143. The normalized spacial score (nSPS) is 11.8. The van der Waals surface area contributed by atoms with Gasteiger partial charge in [-0.1, -0.05) is 6.92 Å². The largest absolute Gasteiger partial charge is 0.466 e. The van der Waals surface area contributed by atoms with Crippen LogP contribution in [-0.4, -0.2) is 41.0 Å². The van der Waals surface area contributed by atoms with Gasteiger partial charge in [0.2, 0.25) is 0 Å². The van der Waals surface area contributed by atoms with E-state index in [4.69, 9.17) is 4.74 Å². The first-order valence-corrected chi connectivity index (χ1v) is 6.96. The molecule has 0 N–H and O–H groups in total. The van der Waals surface area contributed by atoms with Gasteiger partial charge in [-0.15, -0.1) is 0 Å². The van der Waals surface area contributed by atoms with E-state index in [0.29, 0.717) is 18.7 Å². The van der Waals surface area contributed by atoms with Crippen LogP contribution in [0.5, 0.6) is 0 Å². The molecule has 1 unspecified atom stereocenters. The number of aromatic nitrogens is 1. The Balaban J connectivity index is 2.74. The Morgan fingerprint density at radius 2 is 2.15 bits per heavy atom. The fourth-order valence-corrected chi connectivity index (χ4v) is 1.84. The van der Waals surface area contributed by atoms with Gasteiger partial charge < -0.3 is 9.64 Å². The number of amides is 1. The van der Waals surface area contributed by atoms with Crippen LogP contribution in [0.1, 0.15) is 44.0 Å². The standard InChI is InChI=1S/C15H22N2O3/c1-4-12(3)17(10-8-14(18)20-5-2)15(19)13-7-6-9-16-11-13/h6-7,9,11-12H,4-5,8,10H2,1-3H3. The lowest BCUT2D eigenvalue weighted by atomic mass is 10.1. The van der Waals surface area contributed by atoms with Crippen molar-refractivity contribution < 1.29 is 14.3 Å². The number of rotatable bonds is 7. The quantitative estimate of drug-likeness (QED) is 0.718. The minimum Gasteiger partial charge on any atom is -0.466 e. The van der Waals surface area contributed by atoms with Gasteiger partial charge in [0.25, 0.3) is 5.91 Å². The van der Waals surface area contributed by atoms with Crippen LogP contribution in [-0.2, 0) is 9.53 Å². The van der Waals surface area contributed by atoms with Gasteiger partial charge in [0.05, 0.1) is 18.6 Å². The highest BCUT2D eigenvalue weighted by Crippen LogP contribution is 2.11. The molecule has 0 aromatic carbocycles. The van der Waals surface area contributed by atoms with Crippen molar-refractivity contribution in [1.82, 2.24) is 9.88 Å². The van der Waals surface area contributed by atoms with E-state index in [9.17, 15) is 9.59 Å². The van der Waals surface area contributed by atoms with Crippen LogP contribution >= 0.6 is 0 Å². The second-order valence-electron chi connectivity index (χ2n) is 4.55. The maximum absolute atomic E-state index is 12.4. The van der Waals surface area contributed by atoms with Crippen molar-refractivity contribution in [3.05, 3.63) is 30.1 Å². The van der Waals surface area contributed by atoms with Crippen molar-refractivity contribution in [3.8, 4) is 0 Å². The zero-order chi connectivity index (χ0) is 15.0. The SMILES string of the molecule is CCOC(=O)CCN(C(=O)c1cccnc1)C(C)CC. The highest BCUT2D eigenvalue weighted by molar-refractivity contribution is 5.94. The Labute approximate surface area is 119 Å². The van der Waals surface area contributed by atoms with Crippen LogP contribution in [0.4, 0.5) is 0 Å². The average Bonchev–Trinajstić information content (AvgIpc) is 2.48. The lowest BCUT2D eigenvalue weighted by Gasteiger charge is -2.28. The zero-order valence-electron chi connectivity index (χ0n) is 12.3. The van der Waals surface area contributed by atoms with Crippen molar-refractivity contribution >= 4 is 11.9 Å². The van der Waals surface area contributed by atoms with Crippen LogP contribution in [0.25, 0.3) is 0 Å². The summed E-state index contributed by atoms with van der Waals surface area (Å²) in [6.07, 6.45) is 4.21. The summed E-state index contributed by atoms with van der Waals surface area (Å²) in [5.74, 6) is -0.378. The van der Waals surface area contributed by atoms with Crippen molar-refractivity contribution in [2.45, 2.75) is 39.7 Å². The molecule has 0 aliphatic rings. The maximum Gasteiger partial charge on any atom is 0.307 e. The Kier molecular flexibility index (Phi) is 6.70. The van der Waals surface area contributed by atoms with E-state index in [0.717, 1.165) is 6.42 Å². The Morgan fingerprint density at radius 1 is 1.40 bits per heavy atom. The van der Waals surface area contributed by atoms with Gasteiger partial charge in [0.15, 0.2) is 0 Å². The number of hydrogen-bond acceptors (Lipinski definition) is 4. The van der Waals surface area contributed by atoms with Gasteiger partial charge in [-0.2, -0.15) is 0 Å². The summed E-state index contributed by atoms with van der Waals surface area (Å²) in [5, 5.41) is 0. The number of esters is 1. The third-order valence-electron chi connectivity index (χ3n) is 3.15. The highest BCUT2D eigenvalue weighted by atomic mass is 16.5. The molecule has 0 aliphatic carbocycles. The minimum atomic E-state index is -0.278. The molecule has 110 valence electrons. The number of carbonyl (C=O) groups excluding carboxylic acids is 2. The maximum atomic E-state index is 12.4. The molecule has 5 heteroatoms. The first-order chi connectivity index (χ1) is 9.60. The molecule has 0 aliphatic heterocycles. The van der Waals surface area contributed by atoms with E-state index in [1.165, 1.54) is 0 Å². The summed E-state index contributed by atoms with van der Waals surface area (Å²) in [7, 11) is 0. The molecule has 0 saturated heterocycles. The Bertz CT molecular complexity index is 434. The van der Waals surface area contributed by atoms with Gasteiger partial charge in [-0.05, 0) is 32.4 Å². The second-order valence-corrected chi connectivity index (χ2v) is 4.55. The molecule has 1 atom stereocenters. The first-order valence-electron chi connectivity index (χ1n) is 6.96. The fraction of sp³-hybridized carbons (Fsp3) is 0.533. The minimum absolute atomic E-state index is 0.0668. The molecule has 0 fully saturated rings. The first kappa shape index (κ1) is 16.1. The second kappa shape index (κ2) is 8.30. The van der Waals surface area contributed by atoms with Crippen LogP contribution in [0.3, 0.4) is 0 Å². The molecule has 1 aromatic rings. The van der Waals surface area contributed by atoms with Crippen molar-refractivity contribution in [3.63, 3.8) is 0 Å². The van der Waals surface area contributed by atoms with Crippen LogP contribution in [0, 0.1) is 0 Å². The molecule has 1 amide bonds. The lowest BCUT2D eigenvalue weighted by Crippen LogP contribution is -2.40. The van der Waals surface area contributed by atoms with Crippen LogP contribution in [0.15, 0.2) is 24.5 Å². The predicted octanol–water partition coefficient (Wildman–Crippen LogP) is 2.28. The van der Waals surface area contributed by atoms with Crippen LogP contribution in [0.2, 0.25) is 0 Å². The van der Waals surface area contributed by atoms with Crippen LogP contribution < -0.4 is 0 Å². The number of carbonyl (C=O) groups is 2. The summed E-state index contributed by atoms with van der Waals surface area (Å²) < 4.78 is 4.90. The van der Waals surface area contributed by atoms with Gasteiger partial charge in [-0.25, -0.2) is 0 Å². The van der Waals surface area contributed by atoms with E-state index >= 15 is 0 Å². The summed E-state index contributed by atoms with van der Waals surface area (Å²) >= 11 is 0. The topological polar surface area (TPSA) is 59.5 Å². The van der Waals surface area contributed by atoms with Crippen molar-refractivity contribution in [2.75, 3.05) is 13.2 Å². The monoisotopic (exact) mass is 278 g/mol. The van der Waals surface area contributed by atoms with Gasteiger partial charge >= 0.3 is 5.97 Å². The molecule has 0 radical (unpaired) electrons. The number of pyridine rings is 1. The average molecular weight is 278 g/mol. The molecule has 20 heavy (non-hydrogen) atoms. The number of hydrogen-bond donors (Lipinski definition) is 0. The summed E-state index contributed by atoms with van der Waals surface area (Å²) in [6.45, 7) is 6.48. The molecule has 1 heterocycles. The predicted molar refractivity (Wildman–Crippen MR) is 76.3 cm³/mol. The van der Waals surface area contributed by atoms with E-state index in [1.54, 1.807) is 36.4 Å². The molecule has 1 aromatic heterocycles. The highest BCUT2D eigenvalue weighted by Gasteiger charge is 2.21. The van der Waals surface area contributed by atoms with Gasteiger partial charge in [0.1, 0.15) is 0 Å². The smallest absolute Gasteiger partial charge is 0.307 e. The number of nitrogens with zero attached hydrogens (tertiary/aromatic N) is 2. The molecular formula is C15H22N2O3. The third-order valence-corrected chi connectivity index (χ3v) is 3.15. The molecular weight excluding hydrogens is 256 g/mol. The molecule has 5 nitrogen and oxygen atoms in total. The molecule has 0 saturated carbocycles. The van der Waals surface area contributed by atoms with Crippen molar-refractivity contribution in [1.29, 1.82) is 0 Å². The van der Waals surface area contributed by atoms with E-state index in [-0.39, 0.29) is 24.3 Å². The van der Waals surface area contributed by atoms with Gasteiger partial charge in [0, 0.05) is 25.0 Å². The van der Waals surface area contributed by atoms with E-state index in [2.05, 4.69) is 4.98 Å². The summed E-state index contributed by atoms with van der Waals surface area (Å²) in [6, 6.07) is 3.53. The Morgan fingerprint density at radius 3 is 2.70 bits per heavy atom. The van der Waals surface area contributed by atoms with E-state index in [1.807, 2.05) is 13.8 Å². The summed E-state index contributed by atoms with van der Waals surface area (Å²) in [4.78, 5) is 29.6. The van der Waals surface area contributed by atoms with E-state index < -0.39 is 0 Å². The fourth-order valence-electron chi connectivity index (χ4n) is 1.84. The molecule has 1 rings (SSSR count). The number of ether oxygens (including phenoxy) is 1. The third kappa shape index (κ3) is 4.64. The van der Waals surface area contributed by atoms with Gasteiger partial charge in [-0.3, -0.25) is 14.6 Å². The zero-order valence-corrected chi connectivity index (χ0v) is 12.3. The summed E-state index contributed by atoms with van der Waals surface area (Å²) in [5.41, 5.74) is 0.539. The Hall–Kier alpha value is -1.91. The molecule has 0 bridgehead atoms.